The summed E-state index contributed by atoms with van der Waals surface area (Å²) in [6.45, 7) is 24.9. The number of halogens is 6. The number of carbonyl (C=O) groups excluding carboxylic acids is 6. The molecule has 2 aliphatic heterocycles. The summed E-state index contributed by atoms with van der Waals surface area (Å²) in [7, 11) is -6.10. The Morgan fingerprint density at radius 1 is 0.521 bits per heavy atom. The quantitative estimate of drug-likeness (QED) is 0.0208. The van der Waals surface area contributed by atoms with Gasteiger partial charge >= 0.3 is 17.9 Å². The van der Waals surface area contributed by atoms with Crippen LogP contribution in [0.15, 0.2) is 121 Å². The SMILES string of the molecule is CC(C)(C)CC(=O)N[C@@H](CO[Si](c1ccccc1)(c1ccccc1)C(C)(C)C)C(=O)N1CCC[C@@H](C(=O)OCC(Cl)(Cl)Cl)N1.CC(C)[C@H](O)C(=O)N[C@@H](CO[Si](c1ccccc1)(c1ccccc1)C(C)(C)C)C(=O)N1CCC[C@@H](C(=O)OCC(Cl)(Cl)Cl)N1.CC(C)[C@H](O)C(=O)O. The monoisotopic (exact) mass is 1490 g/mol. The molecular formula is C68H96Cl6N6O14Si2. The van der Waals surface area contributed by atoms with Gasteiger partial charge in [0.1, 0.15) is 43.5 Å². The molecule has 2 heterocycles. The summed E-state index contributed by atoms with van der Waals surface area (Å²) in [6, 6.07) is 36.1. The highest BCUT2D eigenvalue weighted by molar-refractivity contribution is 7.00. The van der Waals surface area contributed by atoms with Gasteiger partial charge in [-0.05, 0) is 73.8 Å². The molecular weight excluding hydrogens is 1390 g/mol. The number of carboxylic acids is 1. The van der Waals surface area contributed by atoms with Crippen molar-refractivity contribution in [3.8, 4) is 0 Å². The van der Waals surface area contributed by atoms with Crippen molar-refractivity contribution in [3.05, 3.63) is 121 Å². The lowest BCUT2D eigenvalue weighted by Gasteiger charge is -2.44. The van der Waals surface area contributed by atoms with Gasteiger partial charge in [0, 0.05) is 19.5 Å². The largest absolute Gasteiger partial charge is 0.479 e. The molecule has 2 aliphatic rings. The molecule has 0 spiro atoms. The van der Waals surface area contributed by atoms with Gasteiger partial charge in [-0.2, -0.15) is 0 Å². The lowest BCUT2D eigenvalue weighted by atomic mass is 9.92. The van der Waals surface area contributed by atoms with Crippen molar-refractivity contribution in [2.75, 3.05) is 39.5 Å². The van der Waals surface area contributed by atoms with E-state index in [-0.39, 0.29) is 59.4 Å². The van der Waals surface area contributed by atoms with Crippen molar-refractivity contribution in [2.45, 2.75) is 176 Å². The first-order valence-corrected chi connectivity index (χ1v) is 37.9. The molecule has 4 aromatic rings. The molecule has 0 aliphatic carbocycles. The van der Waals surface area contributed by atoms with Crippen molar-refractivity contribution in [1.82, 2.24) is 31.5 Å². The normalized spacial score (nSPS) is 17.1. The Balaban J connectivity index is 0.000000366. The van der Waals surface area contributed by atoms with Crippen molar-refractivity contribution in [2.24, 2.45) is 17.3 Å². The first-order valence-electron chi connectivity index (χ1n) is 31.9. The molecule has 6 rings (SSSR count). The van der Waals surface area contributed by atoms with Gasteiger partial charge in [0.05, 0.1) is 13.2 Å². The number of rotatable bonds is 23. The molecule has 4 aromatic carbocycles. The second kappa shape index (κ2) is 37.0. The van der Waals surface area contributed by atoms with Crippen LogP contribution in [-0.2, 0) is 51.9 Å². The van der Waals surface area contributed by atoms with Crippen LogP contribution in [0.1, 0.15) is 122 Å². The van der Waals surface area contributed by atoms with Crippen LogP contribution >= 0.6 is 69.6 Å². The molecule has 0 aromatic heterocycles. The van der Waals surface area contributed by atoms with Crippen LogP contribution in [0.2, 0.25) is 10.1 Å². The summed E-state index contributed by atoms with van der Waals surface area (Å²) in [5.41, 5.74) is 5.58. The Bertz CT molecular complexity index is 3060. The van der Waals surface area contributed by atoms with E-state index in [1.807, 2.05) is 118 Å². The molecule has 4 amide bonds. The van der Waals surface area contributed by atoms with Crippen LogP contribution in [0, 0.1) is 17.3 Å². The van der Waals surface area contributed by atoms with Gasteiger partial charge in [0.15, 0.2) is 6.10 Å². The molecule has 532 valence electrons. The minimum Gasteiger partial charge on any atom is -0.479 e. The Morgan fingerprint density at radius 3 is 1.09 bits per heavy atom. The van der Waals surface area contributed by atoms with Crippen molar-refractivity contribution >= 4 is 149 Å². The fourth-order valence-electron chi connectivity index (χ4n) is 11.0. The number of aliphatic hydroxyl groups excluding tert-OH is 2. The third kappa shape index (κ3) is 25.1. The highest BCUT2D eigenvalue weighted by atomic mass is 35.6. The molecule has 0 radical (unpaired) electrons. The van der Waals surface area contributed by atoms with E-state index >= 15 is 0 Å². The van der Waals surface area contributed by atoms with E-state index in [0.717, 1.165) is 20.7 Å². The standard InChI is InChI=1S/C32H44Cl3N3O5Si.C31H42Cl3N3O6Si.C5H10O3/c1-30(2,3)20-27(39)36-26(28(40)38-19-13-18-25(37-38)29(41)42-22-32(33,34)35)21-43-44(31(4,5)6,23-14-9-7-10-15-23)24-16-11-8-12-17-24;1-21(2)26(38)27(39)35-25(28(40)37-18-12-17-24(36-37)29(41)42-20-31(32,33)34)19-43-44(30(3,4)5,22-13-8-6-9-14-22)23-15-10-7-11-16-23;1-3(2)4(6)5(7)8/h7-12,14-17,25-26,37H,13,18-22H2,1-6H3,(H,36,39);6-11,13-16,21,24-26,36,38H,12,17-20H2,1-5H3,(H,35,39);3-4,6H,1-2H3,(H,7,8)/t25-,26-;24-,25-,26-;4-/m000/s1. The lowest BCUT2D eigenvalue weighted by molar-refractivity contribution is -0.154. The van der Waals surface area contributed by atoms with Crippen molar-refractivity contribution in [1.29, 1.82) is 0 Å². The topological polar surface area (TPSA) is 272 Å². The predicted octanol–water partition coefficient (Wildman–Crippen LogP) is 8.45. The molecule has 96 heavy (non-hydrogen) atoms. The fraction of sp³-hybridized carbons (Fsp3) is 0.544. The average Bonchev–Trinajstić information content (AvgIpc) is 0.754. The summed E-state index contributed by atoms with van der Waals surface area (Å²) in [5, 5.41) is 38.9. The highest BCUT2D eigenvalue weighted by Crippen LogP contribution is 2.39. The second-order valence-electron chi connectivity index (χ2n) is 27.7. The number of carboxylic acid groups (broad SMARTS) is 1. The first-order chi connectivity index (χ1) is 44.5. The van der Waals surface area contributed by atoms with E-state index in [1.54, 1.807) is 27.7 Å². The number of aliphatic carboxylic acids is 1. The van der Waals surface area contributed by atoms with Gasteiger partial charge in [0.25, 0.3) is 28.4 Å². The summed E-state index contributed by atoms with van der Waals surface area (Å²) < 4.78 is 20.8. The van der Waals surface area contributed by atoms with Crippen LogP contribution in [0.4, 0.5) is 0 Å². The van der Waals surface area contributed by atoms with E-state index < -0.39 is 109 Å². The zero-order valence-corrected chi connectivity index (χ0v) is 63.5. The number of esters is 2. The summed E-state index contributed by atoms with van der Waals surface area (Å²) in [5.74, 6) is -4.94. The van der Waals surface area contributed by atoms with E-state index in [9.17, 15) is 38.7 Å². The van der Waals surface area contributed by atoms with Gasteiger partial charge in [-0.3, -0.25) is 38.8 Å². The first kappa shape index (κ1) is 83.5. The number of carbonyl (C=O) groups is 7. The maximum absolute atomic E-state index is 14.1. The summed E-state index contributed by atoms with van der Waals surface area (Å²) in [4.78, 5) is 89.7. The van der Waals surface area contributed by atoms with E-state index in [2.05, 4.69) is 87.3 Å². The van der Waals surface area contributed by atoms with Gasteiger partial charge < -0.3 is 44.3 Å². The molecule has 28 heteroatoms. The number of hydrogen-bond acceptors (Lipinski definition) is 15. The van der Waals surface area contributed by atoms with Gasteiger partial charge in [-0.25, -0.2) is 15.6 Å². The third-order valence-electron chi connectivity index (χ3n) is 15.7. The van der Waals surface area contributed by atoms with Crippen molar-refractivity contribution in [3.63, 3.8) is 0 Å². The number of aliphatic hydroxyl groups is 2. The number of ether oxygens (including phenoxy) is 2. The van der Waals surface area contributed by atoms with Crippen LogP contribution in [0.5, 0.6) is 0 Å². The number of benzene rings is 4. The average molecular weight is 1490 g/mol. The Hall–Kier alpha value is -4.90. The fourth-order valence-corrected chi connectivity index (χ4v) is 20.4. The van der Waals surface area contributed by atoms with Crippen LogP contribution in [0.3, 0.4) is 0 Å². The molecule has 20 nitrogen and oxygen atoms in total. The van der Waals surface area contributed by atoms with E-state index in [1.165, 1.54) is 10.0 Å². The molecule has 2 saturated heterocycles. The Labute approximate surface area is 597 Å². The molecule has 6 atom stereocenters. The number of nitrogens with one attached hydrogen (secondary N) is 4. The lowest BCUT2D eigenvalue weighted by Crippen LogP contribution is -2.68. The minimum atomic E-state index is -3.08. The summed E-state index contributed by atoms with van der Waals surface area (Å²) >= 11 is 34.4. The number of nitrogens with zero attached hydrogens (tertiary/aromatic N) is 2. The Kier molecular flexibility index (Phi) is 32.2. The van der Waals surface area contributed by atoms with Gasteiger partial charge in [-0.1, -0.05) is 281 Å². The highest BCUT2D eigenvalue weighted by Gasteiger charge is 2.53. The Morgan fingerprint density at radius 2 is 0.833 bits per heavy atom. The van der Waals surface area contributed by atoms with Crippen LogP contribution in [-0.4, -0.2) is 167 Å². The van der Waals surface area contributed by atoms with Crippen LogP contribution < -0.4 is 42.2 Å². The number of hydrazine groups is 2. The number of hydrogen-bond donors (Lipinski definition) is 7. The molecule has 2 fully saturated rings. The van der Waals surface area contributed by atoms with E-state index in [4.69, 9.17) is 98.1 Å². The zero-order valence-electron chi connectivity index (χ0n) is 56.9. The van der Waals surface area contributed by atoms with Crippen LogP contribution in [0.25, 0.3) is 0 Å². The molecule has 0 saturated carbocycles. The number of alkyl halides is 6. The third-order valence-corrected chi connectivity index (χ3v) is 26.4. The second-order valence-corrected chi connectivity index (χ2v) is 41.3. The maximum Gasteiger partial charge on any atom is 0.332 e. The van der Waals surface area contributed by atoms with Gasteiger partial charge in [-0.15, -0.1) is 0 Å². The predicted molar refractivity (Wildman–Crippen MR) is 383 cm³/mol. The summed E-state index contributed by atoms with van der Waals surface area (Å²) in [6.07, 6.45) is -0.490. The zero-order chi connectivity index (χ0) is 72.2. The van der Waals surface area contributed by atoms with Gasteiger partial charge in [0.2, 0.25) is 19.4 Å². The minimum absolute atomic E-state index is 0.0669. The maximum atomic E-state index is 14.1. The molecule has 0 unspecified atom stereocenters. The molecule has 7 N–H and O–H groups in total. The smallest absolute Gasteiger partial charge is 0.332 e. The molecule has 0 bridgehead atoms. The van der Waals surface area contributed by atoms with Crippen molar-refractivity contribution < 1.29 is 67.2 Å². The number of amides is 4. The van der Waals surface area contributed by atoms with E-state index in [0.29, 0.717) is 32.2 Å².